The summed E-state index contributed by atoms with van der Waals surface area (Å²) >= 11 is 0. The zero-order valence-corrected chi connectivity index (χ0v) is 15.7. The number of carbonyl (C=O) groups excluding carboxylic acids is 1. The molecule has 0 spiro atoms. The Labute approximate surface area is 150 Å². The lowest BCUT2D eigenvalue weighted by atomic mass is 9.75. The molecule has 1 aliphatic heterocycles. The first-order valence-corrected chi connectivity index (χ1v) is 9.15. The molecule has 3 rings (SSSR count). The standard InChI is InChI=1S/C18H30N6O/c1-21(2)18(5-4-6-18)15-22(3)14-17(25)24-11-9-23(10-12-24)16-13-19-7-8-20-16/h7-8,13H,4-6,9-12,14-15H2,1-3H3. The first-order valence-electron chi connectivity index (χ1n) is 9.15. The molecule has 1 aromatic heterocycles. The van der Waals surface area contributed by atoms with E-state index in [9.17, 15) is 4.79 Å². The summed E-state index contributed by atoms with van der Waals surface area (Å²) in [7, 11) is 6.37. The van der Waals surface area contributed by atoms with Gasteiger partial charge in [-0.3, -0.25) is 14.7 Å². The van der Waals surface area contributed by atoms with Crippen LogP contribution in [0.15, 0.2) is 18.6 Å². The smallest absolute Gasteiger partial charge is 0.236 e. The summed E-state index contributed by atoms with van der Waals surface area (Å²) in [5, 5.41) is 0. The molecule has 0 aromatic carbocycles. The second-order valence-electron chi connectivity index (χ2n) is 7.58. The average Bonchev–Trinajstić information content (AvgIpc) is 2.58. The second kappa shape index (κ2) is 7.66. The van der Waals surface area contributed by atoms with Gasteiger partial charge >= 0.3 is 0 Å². The van der Waals surface area contributed by atoms with Crippen molar-refractivity contribution in [3.8, 4) is 0 Å². The van der Waals surface area contributed by atoms with Crippen LogP contribution < -0.4 is 4.90 Å². The number of aromatic nitrogens is 2. The van der Waals surface area contributed by atoms with Gasteiger partial charge in [0.05, 0.1) is 12.7 Å². The zero-order valence-electron chi connectivity index (χ0n) is 15.7. The van der Waals surface area contributed by atoms with Gasteiger partial charge in [0.25, 0.3) is 0 Å². The third-order valence-corrected chi connectivity index (χ3v) is 5.71. The van der Waals surface area contributed by atoms with Gasteiger partial charge in [0, 0.05) is 50.7 Å². The molecule has 2 fully saturated rings. The number of rotatable bonds is 6. The molecule has 1 aliphatic carbocycles. The number of piperazine rings is 1. The van der Waals surface area contributed by atoms with E-state index in [1.54, 1.807) is 18.6 Å². The maximum Gasteiger partial charge on any atom is 0.236 e. The molecule has 2 heterocycles. The first kappa shape index (κ1) is 18.1. The van der Waals surface area contributed by atoms with Crippen molar-refractivity contribution in [2.45, 2.75) is 24.8 Å². The highest BCUT2D eigenvalue weighted by molar-refractivity contribution is 5.78. The Morgan fingerprint density at radius 1 is 1.16 bits per heavy atom. The molecule has 25 heavy (non-hydrogen) atoms. The molecule has 2 aliphatic rings. The quantitative estimate of drug-likeness (QED) is 0.749. The van der Waals surface area contributed by atoms with Gasteiger partial charge in [0.15, 0.2) is 0 Å². The Morgan fingerprint density at radius 3 is 2.40 bits per heavy atom. The molecule has 0 N–H and O–H groups in total. The minimum Gasteiger partial charge on any atom is -0.352 e. The average molecular weight is 346 g/mol. The minimum absolute atomic E-state index is 0.231. The Hall–Kier alpha value is -1.73. The minimum atomic E-state index is 0.231. The molecule has 138 valence electrons. The fourth-order valence-corrected chi connectivity index (χ4v) is 3.86. The summed E-state index contributed by atoms with van der Waals surface area (Å²) in [4.78, 5) is 29.8. The van der Waals surface area contributed by atoms with E-state index in [1.165, 1.54) is 19.3 Å². The fourth-order valence-electron chi connectivity index (χ4n) is 3.86. The van der Waals surface area contributed by atoms with Crippen molar-refractivity contribution in [2.75, 3.05) is 65.3 Å². The Kier molecular flexibility index (Phi) is 5.54. The number of anilines is 1. The molecule has 1 aromatic rings. The van der Waals surface area contributed by atoms with Crippen LogP contribution in [-0.2, 0) is 4.79 Å². The molecule has 0 radical (unpaired) electrons. The lowest BCUT2D eigenvalue weighted by Gasteiger charge is -2.49. The summed E-state index contributed by atoms with van der Waals surface area (Å²) in [5.41, 5.74) is 0.264. The summed E-state index contributed by atoms with van der Waals surface area (Å²) in [6.07, 6.45) is 8.93. The van der Waals surface area contributed by atoms with Crippen LogP contribution >= 0.6 is 0 Å². The van der Waals surface area contributed by atoms with Crippen molar-refractivity contribution in [3.63, 3.8) is 0 Å². The summed E-state index contributed by atoms with van der Waals surface area (Å²) < 4.78 is 0. The molecule has 1 amide bonds. The van der Waals surface area contributed by atoms with Crippen LogP contribution in [0.5, 0.6) is 0 Å². The highest BCUT2D eigenvalue weighted by Crippen LogP contribution is 2.36. The van der Waals surface area contributed by atoms with Gasteiger partial charge in [0.1, 0.15) is 5.82 Å². The third kappa shape index (κ3) is 4.10. The maximum absolute atomic E-state index is 12.6. The van der Waals surface area contributed by atoms with E-state index in [1.807, 2.05) is 4.90 Å². The highest BCUT2D eigenvalue weighted by atomic mass is 16.2. The molecule has 0 bridgehead atoms. The van der Waals surface area contributed by atoms with Crippen LogP contribution in [0.2, 0.25) is 0 Å². The molecule has 1 saturated carbocycles. The number of amides is 1. The largest absolute Gasteiger partial charge is 0.352 e. The zero-order chi connectivity index (χ0) is 17.9. The predicted molar refractivity (Wildman–Crippen MR) is 98.6 cm³/mol. The van der Waals surface area contributed by atoms with Gasteiger partial charge in [0.2, 0.25) is 5.91 Å². The Bertz CT molecular complexity index is 566. The first-order chi connectivity index (χ1) is 12.0. The molecule has 1 saturated heterocycles. The van der Waals surface area contributed by atoms with Crippen LogP contribution in [0.1, 0.15) is 19.3 Å². The molecular formula is C18H30N6O. The topological polar surface area (TPSA) is 55.8 Å². The van der Waals surface area contributed by atoms with E-state index >= 15 is 0 Å². The van der Waals surface area contributed by atoms with Gasteiger partial charge in [-0.1, -0.05) is 0 Å². The monoisotopic (exact) mass is 346 g/mol. The number of hydrogen-bond acceptors (Lipinski definition) is 6. The van der Waals surface area contributed by atoms with Crippen LogP contribution in [0.25, 0.3) is 0 Å². The van der Waals surface area contributed by atoms with Crippen LogP contribution in [0, 0.1) is 0 Å². The SMILES string of the molecule is CN(CC(=O)N1CCN(c2cnccn2)CC1)CC1(N(C)C)CCC1. The number of hydrogen-bond donors (Lipinski definition) is 0. The van der Waals surface area contributed by atoms with Crippen molar-refractivity contribution in [2.24, 2.45) is 0 Å². The molecule has 0 atom stereocenters. The second-order valence-corrected chi connectivity index (χ2v) is 7.58. The normalized spacial score (nSPS) is 20.0. The molecule has 7 heteroatoms. The Balaban J connectivity index is 1.46. The van der Waals surface area contributed by atoms with E-state index < -0.39 is 0 Å². The van der Waals surface area contributed by atoms with Crippen molar-refractivity contribution in [1.29, 1.82) is 0 Å². The third-order valence-electron chi connectivity index (χ3n) is 5.71. The van der Waals surface area contributed by atoms with Gasteiger partial charge in [-0.2, -0.15) is 0 Å². The lowest BCUT2D eigenvalue weighted by Crippen LogP contribution is -2.58. The number of nitrogens with zero attached hydrogens (tertiary/aromatic N) is 6. The maximum atomic E-state index is 12.6. The van der Waals surface area contributed by atoms with Gasteiger partial charge in [-0.15, -0.1) is 0 Å². The van der Waals surface area contributed by atoms with E-state index in [0.29, 0.717) is 6.54 Å². The van der Waals surface area contributed by atoms with Crippen molar-refractivity contribution >= 4 is 11.7 Å². The Morgan fingerprint density at radius 2 is 1.88 bits per heavy atom. The van der Waals surface area contributed by atoms with E-state index in [2.05, 4.69) is 45.8 Å². The van der Waals surface area contributed by atoms with Crippen molar-refractivity contribution in [3.05, 3.63) is 18.6 Å². The molecule has 0 unspecified atom stereocenters. The summed E-state index contributed by atoms with van der Waals surface area (Å²) in [6.45, 7) is 4.60. The van der Waals surface area contributed by atoms with E-state index in [4.69, 9.17) is 0 Å². The fraction of sp³-hybridized carbons (Fsp3) is 0.722. The predicted octanol–water partition coefficient (Wildman–Crippen LogP) is 0.541. The van der Waals surface area contributed by atoms with Crippen LogP contribution in [-0.4, -0.2) is 96.5 Å². The van der Waals surface area contributed by atoms with Gasteiger partial charge in [-0.25, -0.2) is 4.98 Å². The van der Waals surface area contributed by atoms with Gasteiger partial charge < -0.3 is 14.7 Å². The van der Waals surface area contributed by atoms with Crippen molar-refractivity contribution < 1.29 is 4.79 Å². The van der Waals surface area contributed by atoms with E-state index in [0.717, 1.165) is 38.5 Å². The molecule has 7 nitrogen and oxygen atoms in total. The van der Waals surface area contributed by atoms with Crippen LogP contribution in [0.4, 0.5) is 5.82 Å². The van der Waals surface area contributed by atoms with Crippen molar-refractivity contribution in [1.82, 2.24) is 24.7 Å². The molecular weight excluding hydrogens is 316 g/mol. The number of carbonyl (C=O) groups is 1. The number of likely N-dealkylation sites (N-methyl/N-ethyl adjacent to an activating group) is 2. The summed E-state index contributed by atoms with van der Waals surface area (Å²) in [5.74, 6) is 1.12. The van der Waals surface area contributed by atoms with E-state index in [-0.39, 0.29) is 11.4 Å². The lowest BCUT2D eigenvalue weighted by molar-refractivity contribution is -0.133. The highest BCUT2D eigenvalue weighted by Gasteiger charge is 2.40. The van der Waals surface area contributed by atoms with Gasteiger partial charge in [-0.05, 0) is 40.4 Å². The summed E-state index contributed by atoms with van der Waals surface area (Å²) in [6, 6.07) is 0. The van der Waals surface area contributed by atoms with Crippen LogP contribution in [0.3, 0.4) is 0 Å².